The maximum atomic E-state index is 6.23. The van der Waals surface area contributed by atoms with E-state index in [1.807, 2.05) is 35.6 Å². The third kappa shape index (κ3) is 4.51. The highest BCUT2D eigenvalue weighted by atomic mass is 32.1. The SMILES string of the molecule is c1ccc2c(c1)oc1cc(-c3ccc(N(c4ccc(-c5cccc6oc7ccccc7c56)cc4)c4cccc5c4sc4ccccc45)cc3)ccc12. The highest BCUT2D eigenvalue weighted by molar-refractivity contribution is 7.26. The lowest BCUT2D eigenvalue weighted by Gasteiger charge is -2.26. The molecule has 11 aromatic rings. The van der Waals surface area contributed by atoms with E-state index in [1.54, 1.807) is 0 Å². The fourth-order valence-corrected chi connectivity index (χ4v) is 9.06. The molecule has 0 N–H and O–H groups in total. The Hall–Kier alpha value is -6.62. The third-order valence-electron chi connectivity index (χ3n) is 10.3. The molecule has 4 heteroatoms. The second-order valence-corrected chi connectivity index (χ2v) is 14.3. The van der Waals surface area contributed by atoms with Crippen LogP contribution in [0.4, 0.5) is 17.1 Å². The van der Waals surface area contributed by atoms with Crippen LogP contribution in [0.25, 0.3) is 86.3 Å². The number of furan rings is 2. The van der Waals surface area contributed by atoms with Crippen molar-refractivity contribution in [3.05, 3.63) is 176 Å². The van der Waals surface area contributed by atoms with Crippen LogP contribution in [-0.2, 0) is 0 Å². The van der Waals surface area contributed by atoms with E-state index < -0.39 is 0 Å². The number of nitrogens with zero attached hydrogens (tertiary/aromatic N) is 1. The van der Waals surface area contributed by atoms with Crippen molar-refractivity contribution >= 4 is 92.4 Å². The first kappa shape index (κ1) is 29.1. The smallest absolute Gasteiger partial charge is 0.136 e. The van der Waals surface area contributed by atoms with E-state index in [1.165, 1.54) is 20.2 Å². The topological polar surface area (TPSA) is 29.5 Å². The zero-order chi connectivity index (χ0) is 34.2. The van der Waals surface area contributed by atoms with E-state index >= 15 is 0 Å². The van der Waals surface area contributed by atoms with Crippen LogP contribution in [0.5, 0.6) is 0 Å². The molecule has 3 heterocycles. The van der Waals surface area contributed by atoms with Crippen molar-refractivity contribution in [3.8, 4) is 22.3 Å². The average molecular weight is 684 g/mol. The molecule has 0 saturated carbocycles. The van der Waals surface area contributed by atoms with Crippen molar-refractivity contribution in [2.75, 3.05) is 4.90 Å². The normalized spacial score (nSPS) is 11.8. The van der Waals surface area contributed by atoms with Gasteiger partial charge in [-0.2, -0.15) is 0 Å². The molecule has 0 aliphatic heterocycles. The van der Waals surface area contributed by atoms with Gasteiger partial charge in [0.15, 0.2) is 0 Å². The Bertz CT molecular complexity index is 3130. The summed E-state index contributed by atoms with van der Waals surface area (Å²) in [6, 6.07) is 62.6. The number of rotatable bonds is 5. The molecule has 0 amide bonds. The minimum Gasteiger partial charge on any atom is -0.456 e. The highest BCUT2D eigenvalue weighted by Gasteiger charge is 2.19. The number of hydrogen-bond donors (Lipinski definition) is 0. The molecule has 244 valence electrons. The van der Waals surface area contributed by atoms with Crippen LogP contribution in [-0.4, -0.2) is 0 Å². The minimum absolute atomic E-state index is 0.903. The molecule has 0 radical (unpaired) electrons. The van der Waals surface area contributed by atoms with Gasteiger partial charge in [0, 0.05) is 48.4 Å². The highest BCUT2D eigenvalue weighted by Crippen LogP contribution is 2.46. The molecule has 0 bridgehead atoms. The quantitative estimate of drug-likeness (QED) is 0.181. The minimum atomic E-state index is 0.903. The van der Waals surface area contributed by atoms with E-state index in [2.05, 4.69) is 157 Å². The second kappa shape index (κ2) is 11.5. The van der Waals surface area contributed by atoms with Gasteiger partial charge in [-0.1, -0.05) is 109 Å². The summed E-state index contributed by atoms with van der Waals surface area (Å²) in [6.07, 6.45) is 0. The number of anilines is 3. The van der Waals surface area contributed by atoms with Crippen LogP contribution in [0.1, 0.15) is 0 Å². The second-order valence-electron chi connectivity index (χ2n) is 13.3. The van der Waals surface area contributed by atoms with Gasteiger partial charge in [0.1, 0.15) is 22.3 Å². The maximum Gasteiger partial charge on any atom is 0.136 e. The zero-order valence-corrected chi connectivity index (χ0v) is 28.7. The number of hydrogen-bond acceptors (Lipinski definition) is 4. The summed E-state index contributed by atoms with van der Waals surface area (Å²) in [7, 11) is 0. The maximum absolute atomic E-state index is 6.23. The largest absolute Gasteiger partial charge is 0.456 e. The lowest BCUT2D eigenvalue weighted by atomic mass is 9.99. The fourth-order valence-electron chi connectivity index (χ4n) is 7.85. The van der Waals surface area contributed by atoms with Crippen LogP contribution in [0.2, 0.25) is 0 Å². The monoisotopic (exact) mass is 683 g/mol. The van der Waals surface area contributed by atoms with Gasteiger partial charge in [0.05, 0.1) is 10.4 Å². The van der Waals surface area contributed by atoms with E-state index in [-0.39, 0.29) is 0 Å². The molecule has 0 spiro atoms. The van der Waals surface area contributed by atoms with Gasteiger partial charge in [-0.25, -0.2) is 0 Å². The Morgan fingerprint density at radius 3 is 1.77 bits per heavy atom. The predicted octanol–water partition coefficient (Wildman–Crippen LogP) is 14.7. The molecule has 11 rings (SSSR count). The lowest BCUT2D eigenvalue weighted by Crippen LogP contribution is -2.10. The number of fused-ring (bicyclic) bond motifs is 9. The van der Waals surface area contributed by atoms with Gasteiger partial charge in [-0.15, -0.1) is 11.3 Å². The molecule has 0 saturated heterocycles. The third-order valence-corrected chi connectivity index (χ3v) is 11.5. The Balaban J connectivity index is 1.04. The van der Waals surface area contributed by atoms with Crippen LogP contribution < -0.4 is 4.90 Å². The first-order chi connectivity index (χ1) is 25.8. The number of benzene rings is 8. The van der Waals surface area contributed by atoms with Crippen molar-refractivity contribution in [1.29, 1.82) is 0 Å². The molecule has 0 atom stereocenters. The van der Waals surface area contributed by atoms with Gasteiger partial charge in [0.2, 0.25) is 0 Å². The summed E-state index contributed by atoms with van der Waals surface area (Å²) in [4.78, 5) is 2.39. The van der Waals surface area contributed by atoms with Crippen LogP contribution in [0.15, 0.2) is 185 Å². The van der Waals surface area contributed by atoms with Gasteiger partial charge >= 0.3 is 0 Å². The zero-order valence-electron chi connectivity index (χ0n) is 27.9. The van der Waals surface area contributed by atoms with Crippen LogP contribution in [0.3, 0.4) is 0 Å². The molecule has 0 fully saturated rings. The predicted molar refractivity (Wildman–Crippen MR) is 219 cm³/mol. The molecule has 0 aliphatic rings. The van der Waals surface area contributed by atoms with E-state index in [9.17, 15) is 0 Å². The van der Waals surface area contributed by atoms with Crippen LogP contribution >= 0.6 is 11.3 Å². The van der Waals surface area contributed by atoms with Crippen molar-refractivity contribution in [1.82, 2.24) is 0 Å². The average Bonchev–Trinajstić information content (AvgIpc) is 3.90. The van der Waals surface area contributed by atoms with E-state index in [0.29, 0.717) is 0 Å². The molecule has 8 aromatic carbocycles. The molecule has 0 aliphatic carbocycles. The van der Waals surface area contributed by atoms with Crippen LogP contribution in [0, 0.1) is 0 Å². The fraction of sp³-hybridized carbons (Fsp3) is 0. The number of para-hydroxylation sites is 2. The lowest BCUT2D eigenvalue weighted by molar-refractivity contribution is 0.668. The summed E-state index contributed by atoms with van der Waals surface area (Å²) >= 11 is 1.85. The Morgan fingerprint density at radius 2 is 0.962 bits per heavy atom. The van der Waals surface area contributed by atoms with E-state index in [0.717, 1.165) is 83.2 Å². The summed E-state index contributed by atoms with van der Waals surface area (Å²) in [6.45, 7) is 0. The van der Waals surface area contributed by atoms with E-state index in [4.69, 9.17) is 8.83 Å². The Kier molecular flexibility index (Phi) is 6.42. The number of thiophene rings is 1. The molecule has 0 unspecified atom stereocenters. The standard InChI is InChI=1S/C48H29NO2S/c1-4-15-42-36(9-1)37-28-23-32(29-45(37)51-42)30-19-24-33(25-20-30)49(41-14-7-13-39-38-10-3-6-18-46(38)52-48(39)41)34-26-21-31(22-27-34)35-12-8-17-44-47(35)40-11-2-5-16-43(40)50-44/h1-29H. The molecule has 3 nitrogen and oxygen atoms in total. The molecule has 52 heavy (non-hydrogen) atoms. The van der Waals surface area contributed by atoms with Crippen molar-refractivity contribution < 1.29 is 8.83 Å². The van der Waals surface area contributed by atoms with Crippen molar-refractivity contribution in [3.63, 3.8) is 0 Å². The van der Waals surface area contributed by atoms with Gasteiger partial charge in [-0.05, 0) is 89.0 Å². The first-order valence-electron chi connectivity index (χ1n) is 17.5. The van der Waals surface area contributed by atoms with Gasteiger partial charge < -0.3 is 13.7 Å². The van der Waals surface area contributed by atoms with Gasteiger partial charge in [-0.3, -0.25) is 0 Å². The Morgan fingerprint density at radius 1 is 0.385 bits per heavy atom. The summed E-state index contributed by atoms with van der Waals surface area (Å²) in [5.74, 6) is 0. The van der Waals surface area contributed by atoms with Gasteiger partial charge in [0.25, 0.3) is 0 Å². The molecule has 3 aromatic heterocycles. The summed E-state index contributed by atoms with van der Waals surface area (Å²) in [5, 5.41) is 7.12. The Labute approximate surface area is 303 Å². The summed E-state index contributed by atoms with van der Waals surface area (Å²) < 4.78 is 15.0. The summed E-state index contributed by atoms with van der Waals surface area (Å²) in [5.41, 5.74) is 11.6. The van der Waals surface area contributed by atoms with Crippen molar-refractivity contribution in [2.24, 2.45) is 0 Å². The first-order valence-corrected chi connectivity index (χ1v) is 18.3. The van der Waals surface area contributed by atoms with Crippen molar-refractivity contribution in [2.45, 2.75) is 0 Å². The molecular weight excluding hydrogens is 655 g/mol. The molecular formula is C48H29NO2S.